The van der Waals surface area contributed by atoms with Gasteiger partial charge in [-0.25, -0.2) is 0 Å². The lowest BCUT2D eigenvalue weighted by Crippen LogP contribution is -2.17. The van der Waals surface area contributed by atoms with Gasteiger partial charge in [0.2, 0.25) is 0 Å². The molecule has 0 saturated heterocycles. The van der Waals surface area contributed by atoms with E-state index < -0.39 is 10.8 Å². The Morgan fingerprint density at radius 3 is 2.92 bits per heavy atom. The van der Waals surface area contributed by atoms with E-state index in [9.17, 15) is 4.21 Å². The van der Waals surface area contributed by atoms with Gasteiger partial charge in [-0.2, -0.15) is 0 Å². The Morgan fingerprint density at radius 1 is 1.38 bits per heavy atom. The highest BCUT2D eigenvalue weighted by Crippen LogP contribution is 2.21. The first kappa shape index (κ1) is 8.44. The van der Waals surface area contributed by atoms with Crippen LogP contribution in [0.25, 0.3) is 0 Å². The topological polar surface area (TPSA) is 49.7 Å². The van der Waals surface area contributed by atoms with Crippen LogP contribution < -0.4 is 0 Å². The Hall–Kier alpha value is -1.16. The van der Waals surface area contributed by atoms with E-state index in [1.165, 1.54) is 0 Å². The van der Waals surface area contributed by atoms with Crippen LogP contribution in [0.15, 0.2) is 34.3 Å². The maximum absolute atomic E-state index is 11.5. The first-order valence-corrected chi connectivity index (χ1v) is 5.33. The van der Waals surface area contributed by atoms with Crippen LogP contribution in [0, 0.1) is 0 Å². The Morgan fingerprint density at radius 2 is 2.15 bits per heavy atom. The zero-order chi connectivity index (χ0) is 9.26. The summed E-state index contributed by atoms with van der Waals surface area (Å²) in [4.78, 5) is 0.779. The first-order chi connectivity index (χ1) is 6.33. The summed E-state index contributed by atoms with van der Waals surface area (Å²) in [5, 5.41) is 11.9. The Bertz CT molecular complexity index is 387. The third-order valence-corrected chi connectivity index (χ3v) is 3.51. The number of nitrogens with zero attached hydrogens (tertiary/aromatic N) is 1. The summed E-state index contributed by atoms with van der Waals surface area (Å²) in [5.74, 6) is 0.552. The Labute approximate surface area is 78.5 Å². The van der Waals surface area contributed by atoms with Gasteiger partial charge in [0.05, 0.1) is 16.5 Å². The van der Waals surface area contributed by atoms with Crippen LogP contribution in [-0.4, -0.2) is 20.9 Å². The molecule has 4 heteroatoms. The highest BCUT2D eigenvalue weighted by atomic mass is 32.2. The maximum atomic E-state index is 11.5. The van der Waals surface area contributed by atoms with Crippen molar-refractivity contribution >= 4 is 16.5 Å². The predicted molar refractivity (Wildman–Crippen MR) is 50.7 cm³/mol. The molecule has 1 N–H and O–H groups in total. The monoisotopic (exact) mass is 195 g/mol. The highest BCUT2D eigenvalue weighted by Gasteiger charge is 2.20. The number of oxime groups is 1. The summed E-state index contributed by atoms with van der Waals surface area (Å²) in [5.41, 5.74) is 1.45. The Kier molecular flexibility index (Phi) is 2.14. The smallest absolute Gasteiger partial charge is 0.0889 e. The van der Waals surface area contributed by atoms with Crippen molar-refractivity contribution in [3.05, 3.63) is 29.8 Å². The molecule has 0 fully saturated rings. The minimum Gasteiger partial charge on any atom is -0.411 e. The second-order valence-electron chi connectivity index (χ2n) is 2.84. The van der Waals surface area contributed by atoms with Crippen molar-refractivity contribution in [2.45, 2.75) is 11.3 Å². The molecular formula is C9H9NO2S. The first-order valence-electron chi connectivity index (χ1n) is 4.01. The molecule has 0 radical (unpaired) electrons. The molecule has 0 amide bonds. The number of hydrogen-bond acceptors (Lipinski definition) is 3. The molecule has 1 atom stereocenters. The van der Waals surface area contributed by atoms with Crippen molar-refractivity contribution in [2.75, 3.05) is 5.75 Å². The fraction of sp³-hybridized carbons (Fsp3) is 0.222. The van der Waals surface area contributed by atoms with E-state index in [0.717, 1.165) is 10.5 Å². The van der Waals surface area contributed by atoms with Crippen molar-refractivity contribution in [3.8, 4) is 0 Å². The van der Waals surface area contributed by atoms with E-state index >= 15 is 0 Å². The van der Waals surface area contributed by atoms with Gasteiger partial charge in [-0.05, 0) is 6.07 Å². The predicted octanol–water partition coefficient (Wildman–Crippen LogP) is 1.38. The van der Waals surface area contributed by atoms with Gasteiger partial charge in [-0.15, -0.1) is 0 Å². The van der Waals surface area contributed by atoms with Crippen LogP contribution >= 0.6 is 0 Å². The zero-order valence-corrected chi connectivity index (χ0v) is 7.75. The minimum absolute atomic E-state index is 0.552. The summed E-state index contributed by atoms with van der Waals surface area (Å²) in [6, 6.07) is 7.35. The van der Waals surface area contributed by atoms with E-state index in [1.807, 2.05) is 24.3 Å². The average molecular weight is 195 g/mol. The molecule has 3 nitrogen and oxygen atoms in total. The van der Waals surface area contributed by atoms with Crippen LogP contribution in [0.4, 0.5) is 0 Å². The lowest BCUT2D eigenvalue weighted by molar-refractivity contribution is 0.318. The molecule has 0 aliphatic carbocycles. The number of hydrogen-bond donors (Lipinski definition) is 1. The molecule has 1 aromatic rings. The molecule has 1 aliphatic rings. The van der Waals surface area contributed by atoms with Gasteiger partial charge in [0.1, 0.15) is 0 Å². The Balaban J connectivity index is 2.61. The third-order valence-electron chi connectivity index (χ3n) is 2.09. The summed E-state index contributed by atoms with van der Waals surface area (Å²) in [6.45, 7) is 0. The standard InChI is InChI=1S/C9H9NO2S/c11-10-8-5-6-13(12)9-4-2-1-3-7(8)9/h1-4,11H,5-6H2/b10-8-. The fourth-order valence-corrected chi connectivity index (χ4v) is 2.70. The van der Waals surface area contributed by atoms with Crippen molar-refractivity contribution in [2.24, 2.45) is 5.16 Å². The second kappa shape index (κ2) is 3.30. The molecule has 13 heavy (non-hydrogen) atoms. The summed E-state index contributed by atoms with van der Waals surface area (Å²) in [6.07, 6.45) is 0.583. The van der Waals surface area contributed by atoms with Crippen molar-refractivity contribution in [3.63, 3.8) is 0 Å². The van der Waals surface area contributed by atoms with Crippen LogP contribution in [0.1, 0.15) is 12.0 Å². The van der Waals surface area contributed by atoms with E-state index in [2.05, 4.69) is 5.16 Å². The number of fused-ring (bicyclic) bond motifs is 1. The van der Waals surface area contributed by atoms with Gasteiger partial charge in [0.25, 0.3) is 0 Å². The summed E-state index contributed by atoms with van der Waals surface area (Å²) >= 11 is 0. The quantitative estimate of drug-likeness (QED) is 0.502. The van der Waals surface area contributed by atoms with E-state index in [1.54, 1.807) is 0 Å². The van der Waals surface area contributed by atoms with Gasteiger partial charge in [-0.3, -0.25) is 4.21 Å². The van der Waals surface area contributed by atoms with E-state index in [0.29, 0.717) is 17.9 Å². The summed E-state index contributed by atoms with van der Waals surface area (Å²) < 4.78 is 11.5. The molecule has 0 spiro atoms. The molecule has 1 unspecified atom stereocenters. The van der Waals surface area contributed by atoms with Crippen LogP contribution in [-0.2, 0) is 10.8 Å². The average Bonchev–Trinajstić information content (AvgIpc) is 2.19. The molecule has 2 rings (SSSR count). The lowest BCUT2D eigenvalue weighted by atomic mass is 10.1. The number of benzene rings is 1. The van der Waals surface area contributed by atoms with Crippen molar-refractivity contribution in [1.82, 2.24) is 0 Å². The second-order valence-corrected chi connectivity index (χ2v) is 4.38. The number of rotatable bonds is 0. The molecule has 0 bridgehead atoms. The molecule has 1 heterocycles. The van der Waals surface area contributed by atoms with Gasteiger partial charge < -0.3 is 5.21 Å². The minimum atomic E-state index is -0.929. The van der Waals surface area contributed by atoms with Crippen LogP contribution in [0.2, 0.25) is 0 Å². The van der Waals surface area contributed by atoms with Gasteiger partial charge in [0, 0.05) is 22.6 Å². The van der Waals surface area contributed by atoms with Gasteiger partial charge >= 0.3 is 0 Å². The molecule has 1 aliphatic heterocycles. The van der Waals surface area contributed by atoms with Gasteiger partial charge in [-0.1, -0.05) is 23.4 Å². The van der Waals surface area contributed by atoms with Gasteiger partial charge in [0.15, 0.2) is 0 Å². The van der Waals surface area contributed by atoms with Crippen molar-refractivity contribution < 1.29 is 9.42 Å². The molecular weight excluding hydrogens is 186 g/mol. The van der Waals surface area contributed by atoms with Crippen LogP contribution in [0.5, 0.6) is 0 Å². The summed E-state index contributed by atoms with van der Waals surface area (Å²) in [7, 11) is -0.929. The van der Waals surface area contributed by atoms with Crippen LogP contribution in [0.3, 0.4) is 0 Å². The largest absolute Gasteiger partial charge is 0.411 e. The molecule has 68 valence electrons. The highest BCUT2D eigenvalue weighted by molar-refractivity contribution is 7.85. The fourth-order valence-electron chi connectivity index (χ4n) is 1.44. The van der Waals surface area contributed by atoms with Crippen molar-refractivity contribution in [1.29, 1.82) is 0 Å². The lowest BCUT2D eigenvalue weighted by Gasteiger charge is -2.15. The molecule has 0 saturated carbocycles. The zero-order valence-electron chi connectivity index (χ0n) is 6.93. The maximum Gasteiger partial charge on any atom is 0.0889 e. The third kappa shape index (κ3) is 1.37. The normalized spacial score (nSPS) is 24.3. The van der Waals surface area contributed by atoms with E-state index in [-0.39, 0.29) is 0 Å². The molecule has 0 aromatic heterocycles. The SMILES string of the molecule is O=S1CC/C(=N/O)c2ccccc21. The molecule has 1 aromatic carbocycles. The van der Waals surface area contributed by atoms with E-state index in [4.69, 9.17) is 5.21 Å².